The van der Waals surface area contributed by atoms with E-state index in [0.717, 1.165) is 10.6 Å². The van der Waals surface area contributed by atoms with Gasteiger partial charge in [-0.2, -0.15) is 0 Å². The number of hydrogen-bond acceptors (Lipinski definition) is 6. The summed E-state index contributed by atoms with van der Waals surface area (Å²) >= 11 is 1.44. The van der Waals surface area contributed by atoms with Crippen LogP contribution < -0.4 is 10.1 Å². The van der Waals surface area contributed by atoms with Crippen LogP contribution in [0.5, 0.6) is 11.8 Å². The molecule has 7 heteroatoms. The second-order valence-electron chi connectivity index (χ2n) is 5.52. The van der Waals surface area contributed by atoms with E-state index in [1.165, 1.54) is 11.3 Å². The second kappa shape index (κ2) is 7.76. The van der Waals surface area contributed by atoms with Crippen molar-refractivity contribution in [1.29, 1.82) is 0 Å². The Morgan fingerprint density at radius 3 is 2.41 bits per heavy atom. The Labute approximate surface area is 159 Å². The molecule has 0 saturated heterocycles. The number of aromatic nitrogens is 3. The first-order chi connectivity index (χ1) is 13.3. The van der Waals surface area contributed by atoms with E-state index in [9.17, 15) is 4.79 Å². The highest BCUT2D eigenvalue weighted by Gasteiger charge is 2.12. The van der Waals surface area contributed by atoms with Gasteiger partial charge in [-0.3, -0.25) is 4.79 Å². The van der Waals surface area contributed by atoms with Gasteiger partial charge < -0.3 is 10.1 Å². The summed E-state index contributed by atoms with van der Waals surface area (Å²) in [5.41, 5.74) is 2.03. The molecule has 2 aromatic carbocycles. The number of nitrogens with zero attached hydrogens (tertiary/aromatic N) is 3. The Morgan fingerprint density at radius 2 is 1.67 bits per heavy atom. The Balaban J connectivity index is 1.42. The molecule has 4 rings (SSSR count). The zero-order valence-corrected chi connectivity index (χ0v) is 14.9. The number of thiazole rings is 1. The van der Waals surface area contributed by atoms with Crippen LogP contribution in [0.2, 0.25) is 0 Å². The van der Waals surface area contributed by atoms with Crippen molar-refractivity contribution in [1.82, 2.24) is 15.0 Å². The standard InChI is InChI=1S/C20H14N4O2S/c25-18(17-13-27-19(24-17)14-5-2-1-3-6-14)23-15-7-9-16(10-8-15)26-20-21-11-4-12-22-20/h1-13H,(H,23,25). The van der Waals surface area contributed by atoms with E-state index < -0.39 is 0 Å². The smallest absolute Gasteiger partial charge is 0.321 e. The molecule has 2 heterocycles. The zero-order chi connectivity index (χ0) is 18.5. The lowest BCUT2D eigenvalue weighted by Crippen LogP contribution is -2.12. The minimum Gasteiger partial charge on any atom is -0.424 e. The minimum absolute atomic E-state index is 0.256. The number of carbonyl (C=O) groups excluding carboxylic acids is 1. The molecule has 1 amide bonds. The number of carbonyl (C=O) groups is 1. The molecule has 132 valence electrons. The average Bonchev–Trinajstić information content (AvgIpc) is 3.21. The molecular weight excluding hydrogens is 360 g/mol. The highest BCUT2D eigenvalue weighted by molar-refractivity contribution is 7.13. The highest BCUT2D eigenvalue weighted by atomic mass is 32.1. The summed E-state index contributed by atoms with van der Waals surface area (Å²) in [4.78, 5) is 24.8. The first kappa shape index (κ1) is 16.9. The molecule has 0 bridgehead atoms. The van der Waals surface area contributed by atoms with E-state index in [1.807, 2.05) is 30.3 Å². The molecular formula is C20H14N4O2S. The third-order valence-corrected chi connectivity index (χ3v) is 4.51. The summed E-state index contributed by atoms with van der Waals surface area (Å²) in [6.07, 6.45) is 3.21. The molecule has 4 aromatic rings. The number of benzene rings is 2. The molecule has 0 atom stereocenters. The molecule has 0 radical (unpaired) electrons. The van der Waals surface area contributed by atoms with Gasteiger partial charge in [-0.15, -0.1) is 11.3 Å². The van der Waals surface area contributed by atoms with E-state index in [0.29, 0.717) is 17.1 Å². The van der Waals surface area contributed by atoms with Gasteiger partial charge in [-0.05, 0) is 30.3 Å². The van der Waals surface area contributed by atoms with Gasteiger partial charge in [-0.25, -0.2) is 15.0 Å². The average molecular weight is 374 g/mol. The van der Waals surface area contributed by atoms with Crippen molar-refractivity contribution in [2.75, 3.05) is 5.32 Å². The van der Waals surface area contributed by atoms with Crippen molar-refractivity contribution >= 4 is 22.9 Å². The van der Waals surface area contributed by atoms with E-state index in [2.05, 4.69) is 20.3 Å². The van der Waals surface area contributed by atoms with Gasteiger partial charge in [0.05, 0.1) is 0 Å². The van der Waals surface area contributed by atoms with Gasteiger partial charge >= 0.3 is 6.01 Å². The van der Waals surface area contributed by atoms with E-state index in [1.54, 1.807) is 48.1 Å². The SMILES string of the molecule is O=C(Nc1ccc(Oc2ncccn2)cc1)c1csc(-c2ccccc2)n1. The predicted octanol–water partition coefficient (Wildman–Crippen LogP) is 4.64. The number of hydrogen-bond donors (Lipinski definition) is 1. The molecule has 0 fully saturated rings. The molecule has 0 aliphatic heterocycles. The molecule has 0 unspecified atom stereocenters. The van der Waals surface area contributed by atoms with Crippen LogP contribution in [0.25, 0.3) is 10.6 Å². The molecule has 6 nitrogen and oxygen atoms in total. The van der Waals surface area contributed by atoms with Crippen LogP contribution in [0.15, 0.2) is 78.4 Å². The summed E-state index contributed by atoms with van der Waals surface area (Å²) in [6.45, 7) is 0. The lowest BCUT2D eigenvalue weighted by Gasteiger charge is -2.06. The van der Waals surface area contributed by atoms with E-state index in [-0.39, 0.29) is 11.9 Å². The first-order valence-corrected chi connectivity index (χ1v) is 9.03. The Hall–Kier alpha value is -3.58. The van der Waals surface area contributed by atoms with Gasteiger partial charge in [0.2, 0.25) is 0 Å². The van der Waals surface area contributed by atoms with Crippen LogP contribution in [0, 0.1) is 0 Å². The molecule has 2 aromatic heterocycles. The van der Waals surface area contributed by atoms with Gasteiger partial charge in [0.15, 0.2) is 0 Å². The maximum atomic E-state index is 12.4. The molecule has 1 N–H and O–H groups in total. The highest BCUT2D eigenvalue weighted by Crippen LogP contribution is 2.24. The predicted molar refractivity (Wildman–Crippen MR) is 104 cm³/mol. The molecule has 0 saturated carbocycles. The van der Waals surface area contributed by atoms with Crippen molar-refractivity contribution < 1.29 is 9.53 Å². The van der Waals surface area contributed by atoms with Crippen LogP contribution in [-0.4, -0.2) is 20.9 Å². The van der Waals surface area contributed by atoms with Crippen molar-refractivity contribution in [3.63, 3.8) is 0 Å². The molecule has 0 spiro atoms. The largest absolute Gasteiger partial charge is 0.424 e. The van der Waals surface area contributed by atoms with Gasteiger partial charge in [0.25, 0.3) is 5.91 Å². The fourth-order valence-corrected chi connectivity index (χ4v) is 3.14. The van der Waals surface area contributed by atoms with E-state index in [4.69, 9.17) is 4.74 Å². The third kappa shape index (κ3) is 4.16. The summed E-state index contributed by atoms with van der Waals surface area (Å²) in [5.74, 6) is 0.327. The Kier molecular flexibility index (Phi) is 4.84. The summed E-state index contributed by atoms with van der Waals surface area (Å²) in [5, 5.41) is 5.40. The normalized spacial score (nSPS) is 10.4. The number of rotatable bonds is 5. The monoisotopic (exact) mass is 374 g/mol. The van der Waals surface area contributed by atoms with E-state index >= 15 is 0 Å². The number of amides is 1. The van der Waals surface area contributed by atoms with Crippen molar-refractivity contribution in [3.05, 3.63) is 84.1 Å². The van der Waals surface area contributed by atoms with Crippen LogP contribution in [0.4, 0.5) is 5.69 Å². The van der Waals surface area contributed by atoms with Gasteiger partial charge in [0.1, 0.15) is 16.5 Å². The fraction of sp³-hybridized carbons (Fsp3) is 0. The van der Waals surface area contributed by atoms with Crippen molar-refractivity contribution in [3.8, 4) is 22.3 Å². The van der Waals surface area contributed by atoms with Crippen LogP contribution in [0.3, 0.4) is 0 Å². The Morgan fingerprint density at radius 1 is 0.926 bits per heavy atom. The second-order valence-corrected chi connectivity index (χ2v) is 6.37. The first-order valence-electron chi connectivity index (χ1n) is 8.15. The number of ether oxygens (including phenoxy) is 1. The summed E-state index contributed by atoms with van der Waals surface area (Å²) in [6, 6.07) is 18.7. The summed E-state index contributed by atoms with van der Waals surface area (Å²) < 4.78 is 5.53. The van der Waals surface area contributed by atoms with Gasteiger partial charge in [0, 0.05) is 29.0 Å². The van der Waals surface area contributed by atoms with Crippen LogP contribution >= 0.6 is 11.3 Å². The van der Waals surface area contributed by atoms with Crippen molar-refractivity contribution in [2.45, 2.75) is 0 Å². The van der Waals surface area contributed by atoms with Gasteiger partial charge in [-0.1, -0.05) is 30.3 Å². The fourth-order valence-electron chi connectivity index (χ4n) is 2.34. The quantitative estimate of drug-likeness (QED) is 0.550. The topological polar surface area (TPSA) is 77.0 Å². The molecule has 27 heavy (non-hydrogen) atoms. The summed E-state index contributed by atoms with van der Waals surface area (Å²) in [7, 11) is 0. The Bertz CT molecular complexity index is 1030. The third-order valence-electron chi connectivity index (χ3n) is 3.62. The molecule has 0 aliphatic carbocycles. The number of nitrogens with one attached hydrogen (secondary N) is 1. The maximum absolute atomic E-state index is 12.4. The molecule has 0 aliphatic rings. The van der Waals surface area contributed by atoms with Crippen molar-refractivity contribution in [2.24, 2.45) is 0 Å². The van der Waals surface area contributed by atoms with Crippen LogP contribution in [0.1, 0.15) is 10.5 Å². The number of anilines is 1. The minimum atomic E-state index is -0.256. The van der Waals surface area contributed by atoms with Crippen LogP contribution in [-0.2, 0) is 0 Å². The lowest BCUT2D eigenvalue weighted by atomic mass is 10.2. The zero-order valence-electron chi connectivity index (χ0n) is 14.1. The maximum Gasteiger partial charge on any atom is 0.321 e. The lowest BCUT2D eigenvalue weighted by molar-refractivity contribution is 0.102.